The fourth-order valence-corrected chi connectivity index (χ4v) is 2.53. The molecule has 0 unspecified atom stereocenters. The maximum atomic E-state index is 12.9. The van der Waals surface area contributed by atoms with Gasteiger partial charge in [0.05, 0.1) is 5.56 Å². The van der Waals surface area contributed by atoms with E-state index in [1.165, 1.54) is 6.07 Å². The summed E-state index contributed by atoms with van der Waals surface area (Å²) < 4.78 is 38.6. The normalized spacial score (nSPS) is 17.5. The molecular formula is C14H20F3N3. The zero-order valence-electron chi connectivity index (χ0n) is 11.6. The number of nitrogens with two attached hydrogens (primary N) is 1. The lowest BCUT2D eigenvalue weighted by molar-refractivity contribution is -0.136. The second-order valence-corrected chi connectivity index (χ2v) is 5.10. The van der Waals surface area contributed by atoms with Crippen LogP contribution in [0.5, 0.6) is 0 Å². The van der Waals surface area contributed by atoms with E-state index in [1.807, 2.05) is 4.90 Å². The van der Waals surface area contributed by atoms with Gasteiger partial charge in [0, 0.05) is 37.6 Å². The van der Waals surface area contributed by atoms with Crippen LogP contribution in [0.1, 0.15) is 18.9 Å². The molecule has 1 aliphatic rings. The van der Waals surface area contributed by atoms with Crippen LogP contribution in [0.4, 0.5) is 24.5 Å². The van der Waals surface area contributed by atoms with Gasteiger partial charge < -0.3 is 10.6 Å². The third kappa shape index (κ3) is 3.36. The van der Waals surface area contributed by atoms with Gasteiger partial charge >= 0.3 is 6.18 Å². The molecule has 0 radical (unpaired) electrons. The highest BCUT2D eigenvalue weighted by Gasteiger charge is 2.33. The van der Waals surface area contributed by atoms with Crippen molar-refractivity contribution in [2.75, 3.05) is 43.4 Å². The number of benzene rings is 1. The van der Waals surface area contributed by atoms with Crippen molar-refractivity contribution in [1.82, 2.24) is 4.90 Å². The molecule has 1 saturated heterocycles. The highest BCUT2D eigenvalue weighted by atomic mass is 19.4. The summed E-state index contributed by atoms with van der Waals surface area (Å²) in [5.41, 5.74) is 5.06. The highest BCUT2D eigenvalue weighted by Crippen LogP contribution is 2.36. The molecule has 1 aromatic rings. The maximum Gasteiger partial charge on any atom is 0.418 e. The zero-order chi connectivity index (χ0) is 14.8. The first-order valence-electron chi connectivity index (χ1n) is 6.86. The minimum atomic E-state index is -4.40. The lowest BCUT2D eigenvalue weighted by Gasteiger charge is -2.36. The molecule has 0 bridgehead atoms. The lowest BCUT2D eigenvalue weighted by atomic mass is 10.1. The Hall–Kier alpha value is -1.43. The van der Waals surface area contributed by atoms with Gasteiger partial charge in [0.1, 0.15) is 0 Å². The number of hydrogen-bond acceptors (Lipinski definition) is 3. The van der Waals surface area contributed by atoms with Gasteiger partial charge in [0.15, 0.2) is 0 Å². The summed E-state index contributed by atoms with van der Waals surface area (Å²) in [5, 5.41) is 0. The summed E-state index contributed by atoms with van der Waals surface area (Å²) in [4.78, 5) is 4.32. The Labute approximate surface area is 117 Å². The van der Waals surface area contributed by atoms with Gasteiger partial charge in [-0.1, -0.05) is 6.92 Å². The molecule has 1 heterocycles. The smallest absolute Gasteiger partial charge is 0.398 e. The van der Waals surface area contributed by atoms with Crippen LogP contribution >= 0.6 is 0 Å². The molecule has 2 rings (SSSR count). The van der Waals surface area contributed by atoms with Crippen molar-refractivity contribution in [2.24, 2.45) is 0 Å². The largest absolute Gasteiger partial charge is 0.418 e. The monoisotopic (exact) mass is 287 g/mol. The van der Waals surface area contributed by atoms with Crippen LogP contribution in [0.2, 0.25) is 0 Å². The Balaban J connectivity index is 2.11. The van der Waals surface area contributed by atoms with Gasteiger partial charge in [-0.2, -0.15) is 13.2 Å². The minimum Gasteiger partial charge on any atom is -0.398 e. The van der Waals surface area contributed by atoms with E-state index in [2.05, 4.69) is 11.8 Å². The average Bonchev–Trinajstić information content (AvgIpc) is 2.39. The van der Waals surface area contributed by atoms with E-state index in [1.54, 1.807) is 6.07 Å². The number of hydrogen-bond donors (Lipinski definition) is 1. The van der Waals surface area contributed by atoms with Crippen molar-refractivity contribution in [1.29, 1.82) is 0 Å². The summed E-state index contributed by atoms with van der Waals surface area (Å²) in [7, 11) is 0. The molecule has 0 aliphatic carbocycles. The Kier molecular flexibility index (Phi) is 4.42. The van der Waals surface area contributed by atoms with E-state index < -0.39 is 11.7 Å². The Bertz CT molecular complexity index is 451. The molecular weight excluding hydrogens is 267 g/mol. The summed E-state index contributed by atoms with van der Waals surface area (Å²) in [6.07, 6.45) is -3.30. The number of nitrogen functional groups attached to an aromatic ring is 1. The van der Waals surface area contributed by atoms with Crippen molar-refractivity contribution in [3.63, 3.8) is 0 Å². The molecule has 3 nitrogen and oxygen atoms in total. The van der Waals surface area contributed by atoms with Crippen LogP contribution in [-0.2, 0) is 6.18 Å². The number of halogens is 3. The zero-order valence-corrected chi connectivity index (χ0v) is 11.6. The molecule has 0 saturated carbocycles. The van der Waals surface area contributed by atoms with Crippen LogP contribution in [0.3, 0.4) is 0 Å². The fraction of sp³-hybridized carbons (Fsp3) is 0.571. The van der Waals surface area contributed by atoms with Gasteiger partial charge in [-0.15, -0.1) is 0 Å². The Morgan fingerprint density at radius 1 is 1.15 bits per heavy atom. The van der Waals surface area contributed by atoms with E-state index in [0.717, 1.165) is 45.2 Å². The predicted octanol–water partition coefficient (Wildman–Crippen LogP) is 2.82. The van der Waals surface area contributed by atoms with Crippen molar-refractivity contribution in [3.8, 4) is 0 Å². The number of anilines is 2. The van der Waals surface area contributed by atoms with Crippen molar-refractivity contribution in [3.05, 3.63) is 23.8 Å². The summed E-state index contributed by atoms with van der Waals surface area (Å²) in [5.74, 6) is 0. The summed E-state index contributed by atoms with van der Waals surface area (Å²) in [6.45, 7) is 6.45. The first kappa shape index (κ1) is 15.0. The molecule has 1 aromatic carbocycles. The van der Waals surface area contributed by atoms with Gasteiger partial charge in [-0.25, -0.2) is 0 Å². The first-order valence-corrected chi connectivity index (χ1v) is 6.86. The predicted molar refractivity (Wildman–Crippen MR) is 74.8 cm³/mol. The highest BCUT2D eigenvalue weighted by molar-refractivity contribution is 5.59. The molecule has 20 heavy (non-hydrogen) atoms. The van der Waals surface area contributed by atoms with Gasteiger partial charge in [-0.3, -0.25) is 4.90 Å². The summed E-state index contributed by atoms with van der Waals surface area (Å²) in [6, 6.07) is 4.17. The molecule has 112 valence electrons. The number of alkyl halides is 3. The number of piperazine rings is 1. The number of nitrogens with zero attached hydrogens (tertiary/aromatic N) is 2. The van der Waals surface area contributed by atoms with E-state index in [-0.39, 0.29) is 5.69 Å². The van der Waals surface area contributed by atoms with Crippen LogP contribution in [-0.4, -0.2) is 37.6 Å². The Morgan fingerprint density at radius 2 is 1.80 bits per heavy atom. The van der Waals surface area contributed by atoms with E-state index in [0.29, 0.717) is 5.69 Å². The molecule has 0 atom stereocenters. The van der Waals surface area contributed by atoms with Crippen LogP contribution in [0.25, 0.3) is 0 Å². The molecule has 1 aliphatic heterocycles. The first-order chi connectivity index (χ1) is 9.41. The van der Waals surface area contributed by atoms with Crippen molar-refractivity contribution in [2.45, 2.75) is 19.5 Å². The molecule has 0 aromatic heterocycles. The molecule has 0 spiro atoms. The second kappa shape index (κ2) is 5.91. The third-order valence-corrected chi connectivity index (χ3v) is 3.62. The SMILES string of the molecule is CCCN1CCN(c2ccc(N)c(C(F)(F)F)c2)CC1. The third-order valence-electron chi connectivity index (χ3n) is 3.62. The van der Waals surface area contributed by atoms with Gasteiger partial charge in [0.25, 0.3) is 0 Å². The topological polar surface area (TPSA) is 32.5 Å². The number of rotatable bonds is 3. The molecule has 6 heteroatoms. The molecule has 2 N–H and O–H groups in total. The van der Waals surface area contributed by atoms with Crippen molar-refractivity contribution >= 4 is 11.4 Å². The quantitative estimate of drug-likeness (QED) is 0.868. The van der Waals surface area contributed by atoms with E-state index in [4.69, 9.17) is 5.73 Å². The van der Waals surface area contributed by atoms with Crippen LogP contribution in [0, 0.1) is 0 Å². The second-order valence-electron chi connectivity index (χ2n) is 5.10. The van der Waals surface area contributed by atoms with E-state index >= 15 is 0 Å². The van der Waals surface area contributed by atoms with Crippen molar-refractivity contribution < 1.29 is 13.2 Å². The van der Waals surface area contributed by atoms with Gasteiger partial charge in [0.2, 0.25) is 0 Å². The van der Waals surface area contributed by atoms with Crippen LogP contribution in [0.15, 0.2) is 18.2 Å². The van der Waals surface area contributed by atoms with Gasteiger partial charge in [-0.05, 0) is 31.2 Å². The standard InChI is InChI=1S/C14H20F3N3/c1-2-5-19-6-8-20(9-7-19)11-3-4-13(18)12(10-11)14(15,16)17/h3-4,10H,2,5-9,18H2,1H3. The van der Waals surface area contributed by atoms with Crippen LogP contribution < -0.4 is 10.6 Å². The fourth-order valence-electron chi connectivity index (χ4n) is 2.53. The average molecular weight is 287 g/mol. The maximum absolute atomic E-state index is 12.9. The van der Waals surface area contributed by atoms with E-state index in [9.17, 15) is 13.2 Å². The molecule has 0 amide bonds. The Morgan fingerprint density at radius 3 is 2.35 bits per heavy atom. The summed E-state index contributed by atoms with van der Waals surface area (Å²) >= 11 is 0. The minimum absolute atomic E-state index is 0.217. The molecule has 1 fully saturated rings. The lowest BCUT2D eigenvalue weighted by Crippen LogP contribution is -2.46.